The highest BCUT2D eigenvalue weighted by Gasteiger charge is 2.32. The molecule has 0 aliphatic carbocycles. The Labute approximate surface area is 188 Å². The third-order valence-corrected chi connectivity index (χ3v) is 5.50. The van der Waals surface area contributed by atoms with Crippen molar-refractivity contribution in [2.24, 2.45) is 0 Å². The van der Waals surface area contributed by atoms with E-state index in [0.717, 1.165) is 28.4 Å². The fourth-order valence-corrected chi connectivity index (χ4v) is 3.89. The standard InChI is InChI=1S/C23H20ClFN4O3/c1-14-12-15-4-2-3-5-20(15)29(14)23(32)19-8-9-22(31)28(27-19)11-10-21(30)26-18-7-6-16(24)13-17(18)25/h2-9,13-14H,10-12H2,1H3,(H,26,30)/t14-/m0/s1. The molecule has 164 valence electrons. The molecule has 7 nitrogen and oxygen atoms in total. The second kappa shape index (κ2) is 8.92. The molecular weight excluding hydrogens is 435 g/mol. The largest absolute Gasteiger partial charge is 0.324 e. The van der Waals surface area contributed by atoms with E-state index in [-0.39, 0.29) is 41.3 Å². The van der Waals surface area contributed by atoms with Gasteiger partial charge in [-0.15, -0.1) is 0 Å². The van der Waals surface area contributed by atoms with E-state index in [1.807, 2.05) is 31.2 Å². The van der Waals surface area contributed by atoms with Crippen molar-refractivity contribution in [3.8, 4) is 0 Å². The number of carbonyl (C=O) groups is 2. The molecule has 2 aromatic carbocycles. The predicted molar refractivity (Wildman–Crippen MR) is 120 cm³/mol. The number of hydrogen-bond donors (Lipinski definition) is 1. The quantitative estimate of drug-likeness (QED) is 0.637. The fraction of sp³-hybridized carbons (Fsp3) is 0.217. The smallest absolute Gasteiger partial charge is 0.278 e. The number of nitrogens with one attached hydrogen (secondary N) is 1. The second-order valence-electron chi connectivity index (χ2n) is 7.56. The first-order valence-electron chi connectivity index (χ1n) is 10.1. The molecule has 2 amide bonds. The Kier molecular flexibility index (Phi) is 6.05. The lowest BCUT2D eigenvalue weighted by atomic mass is 10.1. The summed E-state index contributed by atoms with van der Waals surface area (Å²) in [6.45, 7) is 1.89. The van der Waals surface area contributed by atoms with Crippen LogP contribution in [0, 0.1) is 5.82 Å². The number of fused-ring (bicyclic) bond motifs is 1. The van der Waals surface area contributed by atoms with Crippen LogP contribution < -0.4 is 15.8 Å². The first-order chi connectivity index (χ1) is 15.3. The molecule has 1 aromatic heterocycles. The zero-order chi connectivity index (χ0) is 22.8. The Balaban J connectivity index is 1.48. The molecule has 0 bridgehead atoms. The van der Waals surface area contributed by atoms with Gasteiger partial charge in [0, 0.05) is 29.2 Å². The summed E-state index contributed by atoms with van der Waals surface area (Å²) >= 11 is 5.71. The van der Waals surface area contributed by atoms with Gasteiger partial charge in [-0.05, 0) is 49.2 Å². The van der Waals surface area contributed by atoms with E-state index in [4.69, 9.17) is 11.6 Å². The number of amides is 2. The van der Waals surface area contributed by atoms with Crippen LogP contribution in [-0.2, 0) is 17.8 Å². The van der Waals surface area contributed by atoms with Crippen molar-refractivity contribution in [1.82, 2.24) is 9.78 Å². The maximum absolute atomic E-state index is 13.9. The van der Waals surface area contributed by atoms with Gasteiger partial charge in [-0.3, -0.25) is 14.4 Å². The molecule has 0 fully saturated rings. The van der Waals surface area contributed by atoms with Crippen LogP contribution in [0.3, 0.4) is 0 Å². The summed E-state index contributed by atoms with van der Waals surface area (Å²) in [4.78, 5) is 39.2. The van der Waals surface area contributed by atoms with Gasteiger partial charge < -0.3 is 10.2 Å². The van der Waals surface area contributed by atoms with Crippen LogP contribution in [0.4, 0.5) is 15.8 Å². The monoisotopic (exact) mass is 454 g/mol. The summed E-state index contributed by atoms with van der Waals surface area (Å²) in [5.41, 5.74) is 1.56. The Hall–Kier alpha value is -3.52. The summed E-state index contributed by atoms with van der Waals surface area (Å²) in [5.74, 6) is -1.48. The fourth-order valence-electron chi connectivity index (χ4n) is 3.73. The van der Waals surface area contributed by atoms with Crippen molar-refractivity contribution >= 4 is 34.8 Å². The normalized spacial score (nSPS) is 14.8. The molecule has 0 unspecified atom stereocenters. The molecule has 0 spiro atoms. The summed E-state index contributed by atoms with van der Waals surface area (Å²) < 4.78 is 14.9. The van der Waals surface area contributed by atoms with Gasteiger partial charge in [-0.25, -0.2) is 9.07 Å². The van der Waals surface area contributed by atoms with Gasteiger partial charge in [0.1, 0.15) is 11.5 Å². The number of aryl methyl sites for hydroxylation is 1. The van der Waals surface area contributed by atoms with Crippen LogP contribution in [0.2, 0.25) is 5.02 Å². The van der Waals surface area contributed by atoms with Gasteiger partial charge in [0.2, 0.25) is 5.91 Å². The van der Waals surface area contributed by atoms with Crippen molar-refractivity contribution in [1.29, 1.82) is 0 Å². The number of aromatic nitrogens is 2. The summed E-state index contributed by atoms with van der Waals surface area (Å²) in [5, 5.41) is 6.82. The Morgan fingerprint density at radius 1 is 1.19 bits per heavy atom. The van der Waals surface area contributed by atoms with E-state index in [9.17, 15) is 18.8 Å². The predicted octanol–water partition coefficient (Wildman–Crippen LogP) is 3.66. The van der Waals surface area contributed by atoms with E-state index in [0.29, 0.717) is 0 Å². The van der Waals surface area contributed by atoms with E-state index in [1.54, 1.807) is 4.90 Å². The maximum Gasteiger partial charge on any atom is 0.278 e. The molecule has 2 heterocycles. The Morgan fingerprint density at radius 3 is 2.75 bits per heavy atom. The lowest BCUT2D eigenvalue weighted by molar-refractivity contribution is -0.116. The number of benzene rings is 2. The molecule has 0 radical (unpaired) electrons. The topological polar surface area (TPSA) is 84.3 Å². The van der Waals surface area contributed by atoms with Gasteiger partial charge >= 0.3 is 0 Å². The minimum absolute atomic E-state index is 0.00896. The van der Waals surface area contributed by atoms with Crippen molar-refractivity contribution in [2.45, 2.75) is 32.4 Å². The second-order valence-corrected chi connectivity index (χ2v) is 8.00. The minimum Gasteiger partial charge on any atom is -0.324 e. The van der Waals surface area contributed by atoms with Crippen LogP contribution in [0.1, 0.15) is 29.4 Å². The molecule has 32 heavy (non-hydrogen) atoms. The molecule has 0 saturated heterocycles. The number of para-hydroxylation sites is 1. The Bertz CT molecular complexity index is 1260. The van der Waals surface area contributed by atoms with E-state index < -0.39 is 17.3 Å². The summed E-state index contributed by atoms with van der Waals surface area (Å²) in [7, 11) is 0. The van der Waals surface area contributed by atoms with Gasteiger partial charge in [-0.2, -0.15) is 5.10 Å². The lowest BCUT2D eigenvalue weighted by Crippen LogP contribution is -2.37. The van der Waals surface area contributed by atoms with E-state index in [2.05, 4.69) is 10.4 Å². The molecule has 9 heteroatoms. The summed E-state index contributed by atoms with van der Waals surface area (Å²) in [6, 6.07) is 14.2. The molecule has 1 aliphatic heterocycles. The zero-order valence-corrected chi connectivity index (χ0v) is 18.0. The van der Waals surface area contributed by atoms with E-state index >= 15 is 0 Å². The highest BCUT2D eigenvalue weighted by molar-refractivity contribution is 6.30. The van der Waals surface area contributed by atoms with Gasteiger partial charge in [0.05, 0.1) is 12.2 Å². The zero-order valence-electron chi connectivity index (χ0n) is 17.2. The first kappa shape index (κ1) is 21.7. The first-order valence-corrected chi connectivity index (χ1v) is 10.5. The maximum atomic E-state index is 13.9. The number of halogens is 2. The average Bonchev–Trinajstić information content (AvgIpc) is 3.10. The molecule has 3 aromatic rings. The van der Waals surface area contributed by atoms with Crippen molar-refractivity contribution in [3.05, 3.63) is 87.0 Å². The number of rotatable bonds is 5. The number of hydrogen-bond acceptors (Lipinski definition) is 4. The SMILES string of the molecule is C[C@H]1Cc2ccccc2N1C(=O)c1ccc(=O)n(CCC(=O)Nc2ccc(Cl)cc2F)n1. The molecule has 1 atom stereocenters. The van der Waals surface area contributed by atoms with Crippen LogP contribution in [0.25, 0.3) is 0 Å². The van der Waals surface area contributed by atoms with E-state index in [1.165, 1.54) is 24.3 Å². The lowest BCUT2D eigenvalue weighted by Gasteiger charge is -2.22. The number of nitrogens with zero attached hydrogens (tertiary/aromatic N) is 3. The molecule has 0 saturated carbocycles. The van der Waals surface area contributed by atoms with Crippen molar-refractivity contribution in [2.75, 3.05) is 10.2 Å². The van der Waals surface area contributed by atoms with Crippen LogP contribution in [-0.4, -0.2) is 27.6 Å². The minimum atomic E-state index is -0.659. The molecule has 1 aliphatic rings. The van der Waals surface area contributed by atoms with Gasteiger partial charge in [0.15, 0.2) is 0 Å². The highest BCUT2D eigenvalue weighted by Crippen LogP contribution is 2.32. The third-order valence-electron chi connectivity index (χ3n) is 5.27. The highest BCUT2D eigenvalue weighted by atomic mass is 35.5. The number of carbonyl (C=O) groups excluding carboxylic acids is 2. The van der Waals surface area contributed by atoms with Gasteiger partial charge in [0.25, 0.3) is 11.5 Å². The third kappa shape index (κ3) is 4.40. The molecular formula is C23H20ClFN4O3. The summed E-state index contributed by atoms with van der Waals surface area (Å²) in [6.07, 6.45) is 0.610. The Morgan fingerprint density at radius 2 is 1.97 bits per heavy atom. The van der Waals surface area contributed by atoms with Crippen LogP contribution in [0.5, 0.6) is 0 Å². The van der Waals surface area contributed by atoms with Gasteiger partial charge in [-0.1, -0.05) is 29.8 Å². The molecule has 4 rings (SSSR count). The van der Waals surface area contributed by atoms with Crippen LogP contribution >= 0.6 is 11.6 Å². The molecule has 1 N–H and O–H groups in total. The van der Waals surface area contributed by atoms with Crippen molar-refractivity contribution < 1.29 is 14.0 Å². The average molecular weight is 455 g/mol. The van der Waals surface area contributed by atoms with Crippen molar-refractivity contribution in [3.63, 3.8) is 0 Å². The number of anilines is 2. The van der Waals surface area contributed by atoms with Crippen LogP contribution in [0.15, 0.2) is 59.4 Å².